The largest absolute Gasteiger partial charge is 0.484 e. The molecule has 0 radical (unpaired) electrons. The average molecular weight is 276 g/mol. The molecular formula is C16H24N2O2. The number of hydrogen-bond donors (Lipinski definition) is 2. The highest BCUT2D eigenvalue weighted by Gasteiger charge is 2.14. The Kier molecular flexibility index (Phi) is 5.41. The fourth-order valence-electron chi connectivity index (χ4n) is 2.51. The van der Waals surface area contributed by atoms with Gasteiger partial charge in [-0.1, -0.05) is 17.7 Å². The predicted molar refractivity (Wildman–Crippen MR) is 80.0 cm³/mol. The van der Waals surface area contributed by atoms with Gasteiger partial charge in [0.15, 0.2) is 6.61 Å². The zero-order chi connectivity index (χ0) is 14.4. The summed E-state index contributed by atoms with van der Waals surface area (Å²) in [5.74, 6) is 1.29. The van der Waals surface area contributed by atoms with E-state index >= 15 is 0 Å². The summed E-state index contributed by atoms with van der Waals surface area (Å²) >= 11 is 0. The van der Waals surface area contributed by atoms with Crippen molar-refractivity contribution < 1.29 is 9.53 Å². The molecule has 4 nitrogen and oxygen atoms in total. The minimum atomic E-state index is -0.0458. The van der Waals surface area contributed by atoms with Gasteiger partial charge in [-0.3, -0.25) is 4.79 Å². The Morgan fingerprint density at radius 2 is 2.30 bits per heavy atom. The average Bonchev–Trinajstić information content (AvgIpc) is 2.45. The van der Waals surface area contributed by atoms with Crippen molar-refractivity contribution in [1.82, 2.24) is 10.6 Å². The third-order valence-corrected chi connectivity index (χ3v) is 3.68. The molecule has 2 rings (SSSR count). The van der Waals surface area contributed by atoms with Crippen LogP contribution in [0.15, 0.2) is 18.2 Å². The summed E-state index contributed by atoms with van der Waals surface area (Å²) in [6.45, 7) is 6.96. The monoisotopic (exact) mass is 276 g/mol. The Labute approximate surface area is 120 Å². The van der Waals surface area contributed by atoms with Crippen molar-refractivity contribution >= 4 is 5.91 Å². The lowest BCUT2D eigenvalue weighted by atomic mass is 10.00. The van der Waals surface area contributed by atoms with E-state index in [0.717, 1.165) is 30.9 Å². The molecule has 1 aromatic carbocycles. The Bertz CT molecular complexity index is 454. The Morgan fingerprint density at radius 3 is 3.00 bits per heavy atom. The van der Waals surface area contributed by atoms with Crippen LogP contribution in [-0.4, -0.2) is 32.1 Å². The maximum Gasteiger partial charge on any atom is 0.257 e. The SMILES string of the molecule is Cc1ccc(OCC(=O)NCC2CCCNC2)c(C)c1. The molecule has 1 atom stereocenters. The van der Waals surface area contributed by atoms with Crippen LogP contribution in [0.25, 0.3) is 0 Å². The molecule has 2 N–H and O–H groups in total. The third kappa shape index (κ3) is 4.53. The van der Waals surface area contributed by atoms with Crippen LogP contribution in [-0.2, 0) is 4.79 Å². The molecule has 4 heteroatoms. The number of rotatable bonds is 5. The van der Waals surface area contributed by atoms with Crippen molar-refractivity contribution in [1.29, 1.82) is 0 Å². The highest BCUT2D eigenvalue weighted by atomic mass is 16.5. The van der Waals surface area contributed by atoms with E-state index in [-0.39, 0.29) is 12.5 Å². The first-order valence-corrected chi connectivity index (χ1v) is 7.32. The molecule has 0 aromatic heterocycles. The van der Waals surface area contributed by atoms with Gasteiger partial charge in [-0.15, -0.1) is 0 Å². The van der Waals surface area contributed by atoms with Gasteiger partial charge in [0.05, 0.1) is 0 Å². The summed E-state index contributed by atoms with van der Waals surface area (Å²) < 4.78 is 5.57. The highest BCUT2D eigenvalue weighted by molar-refractivity contribution is 5.77. The lowest BCUT2D eigenvalue weighted by Crippen LogP contribution is -2.39. The number of benzene rings is 1. The molecule has 1 unspecified atom stereocenters. The first-order valence-electron chi connectivity index (χ1n) is 7.32. The van der Waals surface area contributed by atoms with Crippen LogP contribution in [0.5, 0.6) is 5.75 Å². The van der Waals surface area contributed by atoms with Crippen LogP contribution in [0.2, 0.25) is 0 Å². The Balaban J connectivity index is 1.71. The van der Waals surface area contributed by atoms with E-state index in [2.05, 4.69) is 16.7 Å². The molecule has 0 bridgehead atoms. The summed E-state index contributed by atoms with van der Waals surface area (Å²) in [6, 6.07) is 5.97. The molecule has 1 amide bonds. The smallest absolute Gasteiger partial charge is 0.257 e. The van der Waals surface area contributed by atoms with Gasteiger partial charge in [-0.2, -0.15) is 0 Å². The lowest BCUT2D eigenvalue weighted by molar-refractivity contribution is -0.123. The van der Waals surface area contributed by atoms with E-state index in [1.807, 2.05) is 26.0 Å². The van der Waals surface area contributed by atoms with Crippen molar-refractivity contribution in [2.45, 2.75) is 26.7 Å². The summed E-state index contributed by atoms with van der Waals surface area (Å²) in [5.41, 5.74) is 2.26. The van der Waals surface area contributed by atoms with E-state index in [1.54, 1.807) is 0 Å². The molecule has 1 fully saturated rings. The molecule has 1 heterocycles. The van der Waals surface area contributed by atoms with Gasteiger partial charge < -0.3 is 15.4 Å². The number of piperidine rings is 1. The molecule has 0 spiro atoms. The summed E-state index contributed by atoms with van der Waals surface area (Å²) in [6.07, 6.45) is 2.38. The van der Waals surface area contributed by atoms with Crippen molar-refractivity contribution in [3.05, 3.63) is 29.3 Å². The zero-order valence-electron chi connectivity index (χ0n) is 12.4. The van der Waals surface area contributed by atoms with Crippen LogP contribution in [0, 0.1) is 19.8 Å². The van der Waals surface area contributed by atoms with E-state index in [0.29, 0.717) is 5.92 Å². The van der Waals surface area contributed by atoms with Crippen molar-refractivity contribution in [3.63, 3.8) is 0 Å². The fourth-order valence-corrected chi connectivity index (χ4v) is 2.51. The van der Waals surface area contributed by atoms with Crippen LogP contribution < -0.4 is 15.4 Å². The van der Waals surface area contributed by atoms with Crippen molar-refractivity contribution in [3.8, 4) is 5.75 Å². The molecule has 1 aliphatic heterocycles. The molecule has 1 aromatic rings. The maximum atomic E-state index is 11.8. The summed E-state index contributed by atoms with van der Waals surface area (Å²) in [5, 5.41) is 6.30. The van der Waals surface area contributed by atoms with Crippen LogP contribution in [0.3, 0.4) is 0 Å². The first-order chi connectivity index (χ1) is 9.65. The van der Waals surface area contributed by atoms with Crippen molar-refractivity contribution in [2.75, 3.05) is 26.2 Å². The van der Waals surface area contributed by atoms with Crippen molar-refractivity contribution in [2.24, 2.45) is 5.92 Å². The number of nitrogens with one attached hydrogen (secondary N) is 2. The van der Waals surface area contributed by atoms with Gasteiger partial charge >= 0.3 is 0 Å². The summed E-state index contributed by atoms with van der Waals surface area (Å²) in [4.78, 5) is 11.8. The Morgan fingerprint density at radius 1 is 1.45 bits per heavy atom. The lowest BCUT2D eigenvalue weighted by Gasteiger charge is -2.22. The molecule has 1 aliphatic rings. The normalized spacial score (nSPS) is 18.6. The van der Waals surface area contributed by atoms with Gasteiger partial charge in [0.2, 0.25) is 0 Å². The second-order valence-electron chi connectivity index (χ2n) is 5.57. The van der Waals surface area contributed by atoms with Gasteiger partial charge in [0, 0.05) is 6.54 Å². The van der Waals surface area contributed by atoms with Crippen LogP contribution >= 0.6 is 0 Å². The van der Waals surface area contributed by atoms with Crippen LogP contribution in [0.4, 0.5) is 0 Å². The second-order valence-corrected chi connectivity index (χ2v) is 5.57. The molecular weight excluding hydrogens is 252 g/mol. The number of ether oxygens (including phenoxy) is 1. The predicted octanol–water partition coefficient (Wildman–Crippen LogP) is 1.80. The number of carbonyl (C=O) groups is 1. The van der Waals surface area contributed by atoms with Gasteiger partial charge in [0.1, 0.15) is 5.75 Å². The third-order valence-electron chi connectivity index (χ3n) is 3.68. The minimum Gasteiger partial charge on any atom is -0.484 e. The number of carbonyl (C=O) groups excluding carboxylic acids is 1. The topological polar surface area (TPSA) is 50.4 Å². The van der Waals surface area contributed by atoms with Gasteiger partial charge in [-0.05, 0) is 57.3 Å². The van der Waals surface area contributed by atoms with E-state index < -0.39 is 0 Å². The second kappa shape index (κ2) is 7.29. The standard InChI is InChI=1S/C16H24N2O2/c1-12-5-6-15(13(2)8-12)20-11-16(19)18-10-14-4-3-7-17-9-14/h5-6,8,14,17H,3-4,7,9-11H2,1-2H3,(H,18,19). The van der Waals surface area contributed by atoms with Crippen LogP contribution in [0.1, 0.15) is 24.0 Å². The molecule has 0 saturated carbocycles. The fraction of sp³-hybridized carbons (Fsp3) is 0.562. The van der Waals surface area contributed by atoms with Gasteiger partial charge in [0.25, 0.3) is 5.91 Å². The number of aryl methyl sites for hydroxylation is 2. The minimum absolute atomic E-state index is 0.0458. The maximum absolute atomic E-state index is 11.8. The molecule has 0 aliphatic carbocycles. The molecule has 110 valence electrons. The number of hydrogen-bond acceptors (Lipinski definition) is 3. The molecule has 1 saturated heterocycles. The molecule has 20 heavy (non-hydrogen) atoms. The highest BCUT2D eigenvalue weighted by Crippen LogP contribution is 2.18. The van der Waals surface area contributed by atoms with E-state index in [4.69, 9.17) is 4.74 Å². The zero-order valence-corrected chi connectivity index (χ0v) is 12.4. The van der Waals surface area contributed by atoms with E-state index in [1.165, 1.54) is 18.4 Å². The van der Waals surface area contributed by atoms with E-state index in [9.17, 15) is 4.79 Å². The Hall–Kier alpha value is -1.55. The first kappa shape index (κ1) is 14.9. The quantitative estimate of drug-likeness (QED) is 0.862. The number of amides is 1. The van der Waals surface area contributed by atoms with Gasteiger partial charge in [-0.25, -0.2) is 0 Å². The summed E-state index contributed by atoms with van der Waals surface area (Å²) in [7, 11) is 0.